The summed E-state index contributed by atoms with van der Waals surface area (Å²) in [6, 6.07) is 10.8. The summed E-state index contributed by atoms with van der Waals surface area (Å²) < 4.78 is 31.6. The lowest BCUT2D eigenvalue weighted by Crippen LogP contribution is -2.62. The molecule has 3 fully saturated rings. The molecule has 0 unspecified atom stereocenters. The number of aryl methyl sites for hydroxylation is 2. The number of nitrogens with one attached hydrogen (secondary N) is 1. The van der Waals surface area contributed by atoms with Crippen LogP contribution in [0.3, 0.4) is 0 Å². The maximum atomic E-state index is 14.0. The molecule has 0 spiro atoms. The Morgan fingerprint density at radius 3 is 2.69 bits per heavy atom. The highest BCUT2D eigenvalue weighted by Crippen LogP contribution is 2.53. The normalized spacial score (nSPS) is 34.4. The van der Waals surface area contributed by atoms with Gasteiger partial charge in [-0.05, 0) is 38.2 Å². The fourth-order valence-electron chi connectivity index (χ4n) is 6.20. The highest BCUT2D eigenvalue weighted by atomic mass is 32.2. The number of hydrogen-bond donors (Lipinski definition) is 1. The molecule has 1 aromatic heterocycles. The molecule has 3 heterocycles. The Labute approximate surface area is 173 Å². The van der Waals surface area contributed by atoms with Crippen molar-refractivity contribution in [2.24, 2.45) is 12.5 Å². The zero-order valence-electron chi connectivity index (χ0n) is 17.4. The summed E-state index contributed by atoms with van der Waals surface area (Å²) in [6.45, 7) is 4.09. The number of nitrogens with zero attached hydrogens (tertiary/aromatic N) is 3. The Kier molecular flexibility index (Phi) is 4.42. The summed E-state index contributed by atoms with van der Waals surface area (Å²) in [5, 5.41) is 8.17. The van der Waals surface area contributed by atoms with E-state index in [9.17, 15) is 8.42 Å². The maximum absolute atomic E-state index is 14.0. The quantitative estimate of drug-likeness (QED) is 0.835. The molecule has 2 bridgehead atoms. The van der Waals surface area contributed by atoms with Crippen molar-refractivity contribution in [2.75, 3.05) is 0 Å². The number of hydrogen-bond acceptors (Lipinski definition) is 4. The van der Waals surface area contributed by atoms with Gasteiger partial charge < -0.3 is 5.32 Å². The van der Waals surface area contributed by atoms with Crippen molar-refractivity contribution in [3.05, 3.63) is 47.8 Å². The van der Waals surface area contributed by atoms with E-state index in [2.05, 4.69) is 29.5 Å². The first-order valence-corrected chi connectivity index (χ1v) is 12.1. The number of piperidine rings is 1. The molecule has 7 heteroatoms. The average molecular weight is 415 g/mol. The van der Waals surface area contributed by atoms with Gasteiger partial charge in [0.2, 0.25) is 10.0 Å². The van der Waals surface area contributed by atoms with Crippen LogP contribution >= 0.6 is 0 Å². The zero-order chi connectivity index (χ0) is 20.4. The van der Waals surface area contributed by atoms with Crippen LogP contribution in [0.25, 0.3) is 0 Å². The van der Waals surface area contributed by atoms with Crippen LogP contribution in [0.4, 0.5) is 0 Å². The van der Waals surface area contributed by atoms with Gasteiger partial charge in [0.05, 0.1) is 5.69 Å². The first-order valence-electron chi connectivity index (χ1n) is 10.6. The van der Waals surface area contributed by atoms with Gasteiger partial charge in [-0.3, -0.25) is 4.68 Å². The first-order chi connectivity index (χ1) is 13.8. The standard InChI is InChI=1S/C22H30N4O2S/c1-15-19(14-25(3)24-15)29(27,28)26-18(12-16-8-5-4-6-9-16)17-13-22(2)20(23-17)10-7-11-21(22)26/h4-6,8-9,14,17-18,20-21,23H,7,10-13H2,1-3H3/t17-,18-,20-,21+,22-/m0/s1. The monoisotopic (exact) mass is 414 g/mol. The molecule has 156 valence electrons. The molecule has 2 saturated heterocycles. The molecule has 1 aliphatic carbocycles. The van der Waals surface area contributed by atoms with E-state index in [1.807, 2.05) is 22.5 Å². The van der Waals surface area contributed by atoms with Crippen LogP contribution in [0.1, 0.15) is 43.9 Å². The lowest BCUT2D eigenvalue weighted by Gasteiger charge is -2.52. The van der Waals surface area contributed by atoms with E-state index < -0.39 is 10.0 Å². The predicted molar refractivity (Wildman–Crippen MR) is 112 cm³/mol. The molecular weight excluding hydrogens is 384 g/mol. The van der Waals surface area contributed by atoms with Crippen molar-refractivity contribution in [3.63, 3.8) is 0 Å². The third-order valence-corrected chi connectivity index (χ3v) is 9.55. The molecule has 3 aliphatic rings. The van der Waals surface area contributed by atoms with Crippen LogP contribution in [-0.4, -0.2) is 46.7 Å². The largest absolute Gasteiger partial charge is 0.309 e. The Balaban J connectivity index is 1.63. The Morgan fingerprint density at radius 2 is 2.00 bits per heavy atom. The lowest BCUT2D eigenvalue weighted by atomic mass is 9.65. The molecule has 29 heavy (non-hydrogen) atoms. The van der Waals surface area contributed by atoms with Crippen LogP contribution in [0.2, 0.25) is 0 Å². The second-order valence-electron chi connectivity index (χ2n) is 9.33. The molecule has 1 saturated carbocycles. The Morgan fingerprint density at radius 1 is 1.24 bits per heavy atom. The molecular formula is C22H30N4O2S. The average Bonchev–Trinajstić information content (AvgIpc) is 3.20. The van der Waals surface area contributed by atoms with Gasteiger partial charge in [0, 0.05) is 42.8 Å². The highest BCUT2D eigenvalue weighted by Gasteiger charge is 2.62. The van der Waals surface area contributed by atoms with E-state index in [1.165, 1.54) is 5.56 Å². The van der Waals surface area contributed by atoms with Gasteiger partial charge >= 0.3 is 0 Å². The molecule has 0 radical (unpaired) electrons. The maximum Gasteiger partial charge on any atom is 0.247 e. The molecule has 5 rings (SSSR count). The van der Waals surface area contributed by atoms with Crippen molar-refractivity contribution in [1.82, 2.24) is 19.4 Å². The van der Waals surface area contributed by atoms with Crippen LogP contribution in [0.15, 0.2) is 41.4 Å². The van der Waals surface area contributed by atoms with Crippen LogP contribution < -0.4 is 5.32 Å². The van der Waals surface area contributed by atoms with E-state index in [-0.39, 0.29) is 23.5 Å². The van der Waals surface area contributed by atoms with E-state index in [0.717, 1.165) is 32.1 Å². The molecule has 2 aliphatic heterocycles. The lowest BCUT2D eigenvalue weighted by molar-refractivity contribution is 0.0349. The van der Waals surface area contributed by atoms with Crippen LogP contribution in [-0.2, 0) is 23.5 Å². The minimum atomic E-state index is -3.65. The van der Waals surface area contributed by atoms with Crippen LogP contribution in [0, 0.1) is 12.3 Å². The molecule has 2 aromatic rings. The summed E-state index contributed by atoms with van der Waals surface area (Å²) >= 11 is 0. The van der Waals surface area contributed by atoms with E-state index in [4.69, 9.17) is 0 Å². The van der Waals surface area contributed by atoms with Gasteiger partial charge in [-0.25, -0.2) is 8.42 Å². The second kappa shape index (κ2) is 6.65. The van der Waals surface area contributed by atoms with Crippen molar-refractivity contribution in [1.29, 1.82) is 0 Å². The number of rotatable bonds is 4. The fraction of sp³-hybridized carbons (Fsp3) is 0.591. The summed E-state index contributed by atoms with van der Waals surface area (Å²) in [7, 11) is -1.86. The topological polar surface area (TPSA) is 67.2 Å². The van der Waals surface area contributed by atoms with Gasteiger partial charge in [0.1, 0.15) is 4.90 Å². The minimum absolute atomic E-state index is 0.000706. The summed E-state index contributed by atoms with van der Waals surface area (Å²) in [6.07, 6.45) is 6.60. The number of aromatic nitrogens is 2. The Bertz CT molecular complexity index is 1020. The van der Waals surface area contributed by atoms with Crippen molar-refractivity contribution >= 4 is 10.0 Å². The smallest absolute Gasteiger partial charge is 0.247 e. The number of benzene rings is 1. The van der Waals surface area contributed by atoms with E-state index in [1.54, 1.807) is 24.9 Å². The summed E-state index contributed by atoms with van der Waals surface area (Å²) in [4.78, 5) is 0.352. The number of fused-ring (bicyclic) bond motifs is 1. The highest BCUT2D eigenvalue weighted by molar-refractivity contribution is 7.89. The van der Waals surface area contributed by atoms with Crippen molar-refractivity contribution in [3.8, 4) is 0 Å². The van der Waals surface area contributed by atoms with Crippen molar-refractivity contribution in [2.45, 2.75) is 75.0 Å². The molecule has 5 atom stereocenters. The third-order valence-electron chi connectivity index (χ3n) is 7.51. The molecule has 1 aromatic carbocycles. The van der Waals surface area contributed by atoms with Gasteiger partial charge in [-0.1, -0.05) is 43.7 Å². The molecule has 1 N–H and O–H groups in total. The van der Waals surface area contributed by atoms with E-state index in [0.29, 0.717) is 16.6 Å². The van der Waals surface area contributed by atoms with Gasteiger partial charge in [-0.2, -0.15) is 9.40 Å². The first kappa shape index (κ1) is 19.3. The fourth-order valence-corrected chi connectivity index (χ4v) is 8.39. The molecule has 0 amide bonds. The third kappa shape index (κ3) is 2.89. The van der Waals surface area contributed by atoms with Crippen LogP contribution in [0.5, 0.6) is 0 Å². The summed E-state index contributed by atoms with van der Waals surface area (Å²) in [5.41, 5.74) is 1.76. The molecule has 6 nitrogen and oxygen atoms in total. The second-order valence-corrected chi connectivity index (χ2v) is 11.1. The summed E-state index contributed by atoms with van der Waals surface area (Å²) in [5.74, 6) is 0. The SMILES string of the molecule is Cc1nn(C)cc1S(=O)(=O)N1[C@@H](Cc2ccccc2)[C@@H]2C[C@@]3(C)[C@H](CCC[C@@H]13)N2. The van der Waals surface area contributed by atoms with Gasteiger partial charge in [0.15, 0.2) is 0 Å². The Hall–Kier alpha value is -1.70. The van der Waals surface area contributed by atoms with E-state index >= 15 is 0 Å². The number of sulfonamides is 1. The van der Waals surface area contributed by atoms with Crippen molar-refractivity contribution < 1.29 is 8.42 Å². The van der Waals surface area contributed by atoms with Gasteiger partial charge in [0.25, 0.3) is 0 Å². The predicted octanol–water partition coefficient (Wildman–Crippen LogP) is 2.63. The zero-order valence-corrected chi connectivity index (χ0v) is 18.2. The minimum Gasteiger partial charge on any atom is -0.309 e. The van der Waals surface area contributed by atoms with Gasteiger partial charge in [-0.15, -0.1) is 0 Å².